The molecular weight excluding hydrogens is 427 g/mol. The number of rotatable bonds is 7. The van der Waals surface area contributed by atoms with Gasteiger partial charge in [0.1, 0.15) is 23.8 Å². The molecular formula is C22H25FN8O2. The van der Waals surface area contributed by atoms with Gasteiger partial charge in [-0.3, -0.25) is 14.0 Å². The molecule has 1 amide bonds. The van der Waals surface area contributed by atoms with E-state index in [1.807, 2.05) is 13.0 Å². The number of carbonyl (C=O) groups excluding carboxylic acids is 1. The van der Waals surface area contributed by atoms with E-state index in [0.717, 1.165) is 11.1 Å². The van der Waals surface area contributed by atoms with Crippen molar-refractivity contribution in [3.63, 3.8) is 0 Å². The minimum absolute atomic E-state index is 0.207. The van der Waals surface area contributed by atoms with E-state index < -0.39 is 17.7 Å². The molecule has 10 nitrogen and oxygen atoms in total. The van der Waals surface area contributed by atoms with Crippen molar-refractivity contribution < 1.29 is 14.3 Å². The van der Waals surface area contributed by atoms with E-state index in [-0.39, 0.29) is 12.1 Å². The molecule has 0 aromatic carbocycles. The van der Waals surface area contributed by atoms with Crippen LogP contribution in [0, 0.1) is 6.92 Å². The Kier molecular flexibility index (Phi) is 5.81. The maximum atomic E-state index is 14.1. The van der Waals surface area contributed by atoms with Crippen molar-refractivity contribution in [3.8, 4) is 5.82 Å². The fraction of sp³-hybridized carbons (Fsp3) is 0.318. The van der Waals surface area contributed by atoms with Crippen LogP contribution in [-0.4, -0.2) is 58.6 Å². The monoisotopic (exact) mass is 452 g/mol. The number of anilines is 2. The van der Waals surface area contributed by atoms with Gasteiger partial charge in [0, 0.05) is 31.7 Å². The lowest BCUT2D eigenvalue weighted by Crippen LogP contribution is -2.42. The lowest BCUT2D eigenvalue weighted by molar-refractivity contribution is -0.00177. The van der Waals surface area contributed by atoms with Gasteiger partial charge in [0.05, 0.1) is 35.3 Å². The zero-order valence-corrected chi connectivity index (χ0v) is 18.7. The molecule has 4 aromatic heterocycles. The van der Waals surface area contributed by atoms with Gasteiger partial charge in [-0.25, -0.2) is 19.3 Å². The van der Waals surface area contributed by atoms with E-state index in [9.17, 15) is 14.3 Å². The second kappa shape index (κ2) is 8.58. The summed E-state index contributed by atoms with van der Waals surface area (Å²) in [5.41, 5.74) is 2.08. The SMILES string of the molecule is Cc1cnc2c(c1)ncn2-c1cc(Nc2cnn(C)c2)c(C(=O)NCC(F)C(C)(C)O)cn1. The van der Waals surface area contributed by atoms with Gasteiger partial charge >= 0.3 is 0 Å². The lowest BCUT2D eigenvalue weighted by Gasteiger charge is -2.22. The van der Waals surface area contributed by atoms with Crippen LogP contribution in [0.2, 0.25) is 0 Å². The smallest absolute Gasteiger partial charge is 0.255 e. The first-order valence-electron chi connectivity index (χ1n) is 10.3. The average molecular weight is 452 g/mol. The summed E-state index contributed by atoms with van der Waals surface area (Å²) in [5.74, 6) is -0.0340. The summed E-state index contributed by atoms with van der Waals surface area (Å²) < 4.78 is 17.5. The minimum Gasteiger partial charge on any atom is -0.387 e. The first kappa shape index (κ1) is 22.3. The summed E-state index contributed by atoms with van der Waals surface area (Å²) in [6.07, 6.45) is 6.50. The molecule has 0 spiro atoms. The molecule has 0 saturated carbocycles. The van der Waals surface area contributed by atoms with Crippen LogP contribution in [0.5, 0.6) is 0 Å². The minimum atomic E-state index is -1.63. The van der Waals surface area contributed by atoms with Crippen molar-refractivity contribution in [2.24, 2.45) is 7.05 Å². The maximum absolute atomic E-state index is 14.1. The number of imidazole rings is 1. The number of aliphatic hydroxyl groups is 1. The van der Waals surface area contributed by atoms with Gasteiger partial charge in [-0.2, -0.15) is 5.10 Å². The molecule has 11 heteroatoms. The standard InChI is InChI=1S/C22H25FN8O2/c1-13-5-17-20(25-7-13)31(12-27-17)19-6-16(29-14-8-28-30(4)11-14)15(9-24-19)21(32)26-10-18(23)22(2,3)33/h5-9,11-12,18,33H,10H2,1-4H3,(H,24,29)(H,26,32). The second-order valence-corrected chi connectivity index (χ2v) is 8.42. The molecule has 172 valence electrons. The van der Waals surface area contributed by atoms with Crippen LogP contribution in [0.4, 0.5) is 15.8 Å². The topological polar surface area (TPSA) is 123 Å². The van der Waals surface area contributed by atoms with Crippen LogP contribution in [0.15, 0.2) is 43.2 Å². The predicted octanol–water partition coefficient (Wildman–Crippen LogP) is 2.44. The summed E-state index contributed by atoms with van der Waals surface area (Å²) in [7, 11) is 1.78. The third-order valence-corrected chi connectivity index (χ3v) is 5.10. The number of carbonyl (C=O) groups is 1. The highest BCUT2D eigenvalue weighted by Crippen LogP contribution is 2.24. The highest BCUT2D eigenvalue weighted by molar-refractivity contribution is 6.00. The molecule has 0 aliphatic carbocycles. The van der Waals surface area contributed by atoms with Crippen LogP contribution in [-0.2, 0) is 7.05 Å². The number of aromatic nitrogens is 6. The molecule has 3 N–H and O–H groups in total. The number of nitrogens with zero attached hydrogens (tertiary/aromatic N) is 6. The highest BCUT2D eigenvalue weighted by Gasteiger charge is 2.27. The van der Waals surface area contributed by atoms with Crippen molar-refractivity contribution in [2.45, 2.75) is 32.5 Å². The molecule has 0 aliphatic rings. The fourth-order valence-corrected chi connectivity index (χ4v) is 3.20. The first-order chi connectivity index (χ1) is 15.6. The summed E-state index contributed by atoms with van der Waals surface area (Å²) >= 11 is 0. The van der Waals surface area contributed by atoms with Gasteiger partial charge < -0.3 is 15.7 Å². The van der Waals surface area contributed by atoms with Gasteiger partial charge in [0.15, 0.2) is 5.65 Å². The number of fused-ring (bicyclic) bond motifs is 1. The number of amides is 1. The van der Waals surface area contributed by atoms with E-state index >= 15 is 0 Å². The summed E-state index contributed by atoms with van der Waals surface area (Å²) in [4.78, 5) is 26.1. The van der Waals surface area contributed by atoms with Crippen molar-refractivity contribution in [1.29, 1.82) is 0 Å². The first-order valence-corrected chi connectivity index (χ1v) is 10.3. The molecule has 4 rings (SSSR count). The van der Waals surface area contributed by atoms with Crippen molar-refractivity contribution in [3.05, 3.63) is 54.4 Å². The molecule has 0 fully saturated rings. The van der Waals surface area contributed by atoms with Crippen molar-refractivity contribution in [2.75, 3.05) is 11.9 Å². The zero-order valence-electron chi connectivity index (χ0n) is 18.7. The highest BCUT2D eigenvalue weighted by atomic mass is 19.1. The Hall–Kier alpha value is -3.86. The number of alkyl halides is 1. The predicted molar refractivity (Wildman–Crippen MR) is 121 cm³/mol. The van der Waals surface area contributed by atoms with E-state index in [1.165, 1.54) is 20.0 Å². The van der Waals surface area contributed by atoms with E-state index in [4.69, 9.17) is 0 Å². The number of pyridine rings is 2. The van der Waals surface area contributed by atoms with Crippen molar-refractivity contribution >= 4 is 28.4 Å². The van der Waals surface area contributed by atoms with E-state index in [0.29, 0.717) is 22.8 Å². The van der Waals surface area contributed by atoms with Crippen LogP contribution >= 0.6 is 0 Å². The van der Waals surface area contributed by atoms with Crippen LogP contribution in [0.1, 0.15) is 29.8 Å². The molecule has 0 radical (unpaired) electrons. The number of halogens is 1. The van der Waals surface area contributed by atoms with Gasteiger partial charge in [-0.15, -0.1) is 0 Å². The van der Waals surface area contributed by atoms with Crippen LogP contribution in [0.3, 0.4) is 0 Å². The molecule has 0 aliphatic heterocycles. The zero-order chi connectivity index (χ0) is 23.8. The molecule has 1 atom stereocenters. The summed E-state index contributed by atoms with van der Waals surface area (Å²) in [6, 6.07) is 3.61. The fourth-order valence-electron chi connectivity index (χ4n) is 3.20. The lowest BCUT2D eigenvalue weighted by atomic mass is 10.0. The Bertz CT molecular complexity index is 1310. The van der Waals surface area contributed by atoms with Gasteiger partial charge in [0.25, 0.3) is 5.91 Å². The van der Waals surface area contributed by atoms with Gasteiger partial charge in [0.2, 0.25) is 0 Å². The number of nitrogens with one attached hydrogen (secondary N) is 2. The van der Waals surface area contributed by atoms with Crippen LogP contribution in [0.25, 0.3) is 17.0 Å². The Labute approximate surface area is 189 Å². The largest absolute Gasteiger partial charge is 0.387 e. The number of hydrogen-bond acceptors (Lipinski definition) is 7. The molecule has 0 bridgehead atoms. The van der Waals surface area contributed by atoms with Crippen LogP contribution < -0.4 is 10.6 Å². The number of hydrogen-bond donors (Lipinski definition) is 3. The summed E-state index contributed by atoms with van der Waals surface area (Å²) in [6.45, 7) is 4.29. The summed E-state index contributed by atoms with van der Waals surface area (Å²) in [5, 5.41) is 19.6. The third kappa shape index (κ3) is 4.82. The van der Waals surface area contributed by atoms with E-state index in [2.05, 4.69) is 30.7 Å². The molecule has 4 aromatic rings. The second-order valence-electron chi connectivity index (χ2n) is 8.42. The molecule has 33 heavy (non-hydrogen) atoms. The molecule has 4 heterocycles. The Morgan fingerprint density at radius 3 is 2.70 bits per heavy atom. The Morgan fingerprint density at radius 1 is 1.21 bits per heavy atom. The Balaban J connectivity index is 1.69. The van der Waals surface area contributed by atoms with Crippen molar-refractivity contribution in [1.82, 2.24) is 34.6 Å². The number of aryl methyl sites for hydroxylation is 2. The molecule has 0 saturated heterocycles. The quantitative estimate of drug-likeness (QED) is 0.394. The third-order valence-electron chi connectivity index (χ3n) is 5.10. The Morgan fingerprint density at radius 2 is 2.00 bits per heavy atom. The van der Waals surface area contributed by atoms with E-state index in [1.54, 1.807) is 47.3 Å². The molecule has 1 unspecified atom stereocenters. The maximum Gasteiger partial charge on any atom is 0.255 e. The van der Waals surface area contributed by atoms with Gasteiger partial charge in [-0.05, 0) is 32.4 Å². The normalized spacial score (nSPS) is 12.7. The average Bonchev–Trinajstić information content (AvgIpc) is 3.36. The van der Waals surface area contributed by atoms with Gasteiger partial charge in [-0.1, -0.05) is 0 Å².